The number of benzene rings is 1. The lowest BCUT2D eigenvalue weighted by molar-refractivity contribution is 0.525. The van der Waals surface area contributed by atoms with Crippen LogP contribution in [0.3, 0.4) is 0 Å². The molecule has 0 fully saturated rings. The molecule has 0 aliphatic carbocycles. The first-order chi connectivity index (χ1) is 9.95. The summed E-state index contributed by atoms with van der Waals surface area (Å²) in [5, 5.41) is 7.16. The molecule has 0 aliphatic heterocycles. The molecule has 1 aromatic carbocycles. The van der Waals surface area contributed by atoms with Crippen molar-refractivity contribution >= 4 is 11.8 Å². The first-order valence-electron chi connectivity index (χ1n) is 6.81. The topological polar surface area (TPSA) is 29.9 Å². The van der Waals surface area contributed by atoms with Gasteiger partial charge in [0.05, 0.1) is 16.0 Å². The summed E-state index contributed by atoms with van der Waals surface area (Å²) in [6, 6.07) is 2.77. The van der Waals surface area contributed by atoms with Crippen LogP contribution in [0.15, 0.2) is 34.3 Å². The molecule has 1 N–H and O–H groups in total. The summed E-state index contributed by atoms with van der Waals surface area (Å²) < 4.78 is 29.7. The van der Waals surface area contributed by atoms with E-state index in [1.807, 2.05) is 0 Å². The molecule has 0 unspecified atom stereocenters. The Balaban J connectivity index is 2.09. The Bertz CT molecular complexity index is 588. The molecule has 2 aromatic rings. The molecule has 0 saturated carbocycles. The molecule has 1 aromatic heterocycles. The summed E-state index contributed by atoms with van der Waals surface area (Å²) in [4.78, 5) is 0.719. The van der Waals surface area contributed by atoms with Gasteiger partial charge < -0.3 is 5.32 Å². The number of nitrogens with zero attached hydrogens (tertiary/aromatic N) is 2. The van der Waals surface area contributed by atoms with Crippen LogP contribution in [0, 0.1) is 17.6 Å². The van der Waals surface area contributed by atoms with E-state index in [1.165, 1.54) is 12.1 Å². The second-order valence-corrected chi connectivity index (χ2v) is 6.45. The minimum Gasteiger partial charge on any atom is -0.312 e. The molecule has 1 heterocycles. The van der Waals surface area contributed by atoms with Crippen molar-refractivity contribution in [1.29, 1.82) is 0 Å². The molecule has 2 rings (SSSR count). The number of rotatable bonds is 6. The highest BCUT2D eigenvalue weighted by Crippen LogP contribution is 2.32. The van der Waals surface area contributed by atoms with Gasteiger partial charge in [-0.3, -0.25) is 4.68 Å². The van der Waals surface area contributed by atoms with Crippen molar-refractivity contribution in [2.45, 2.75) is 30.2 Å². The zero-order valence-corrected chi connectivity index (χ0v) is 13.2. The molecule has 0 bridgehead atoms. The smallest absolute Gasteiger partial charge is 0.140 e. The van der Waals surface area contributed by atoms with Crippen LogP contribution in [0.4, 0.5) is 8.78 Å². The van der Waals surface area contributed by atoms with Gasteiger partial charge in [-0.05, 0) is 30.2 Å². The van der Waals surface area contributed by atoms with E-state index in [-0.39, 0.29) is 4.90 Å². The maximum atomic E-state index is 14.1. The highest BCUT2D eigenvalue weighted by molar-refractivity contribution is 7.99. The van der Waals surface area contributed by atoms with Crippen LogP contribution in [-0.2, 0) is 13.6 Å². The highest BCUT2D eigenvalue weighted by atomic mass is 32.2. The molecule has 3 nitrogen and oxygen atoms in total. The van der Waals surface area contributed by atoms with Gasteiger partial charge in [0, 0.05) is 19.8 Å². The van der Waals surface area contributed by atoms with Gasteiger partial charge in [0.1, 0.15) is 11.6 Å². The average molecular weight is 311 g/mol. The third-order valence-corrected chi connectivity index (χ3v) is 3.88. The van der Waals surface area contributed by atoms with Crippen molar-refractivity contribution in [3.05, 3.63) is 41.7 Å². The van der Waals surface area contributed by atoms with Gasteiger partial charge in [-0.2, -0.15) is 5.10 Å². The van der Waals surface area contributed by atoms with Gasteiger partial charge in [0.25, 0.3) is 0 Å². The average Bonchev–Trinajstić information content (AvgIpc) is 2.79. The summed E-state index contributed by atoms with van der Waals surface area (Å²) in [7, 11) is 1.76. The molecule has 21 heavy (non-hydrogen) atoms. The number of aromatic nitrogens is 2. The van der Waals surface area contributed by atoms with Crippen LogP contribution in [0.1, 0.15) is 19.4 Å². The van der Waals surface area contributed by atoms with E-state index in [1.54, 1.807) is 24.1 Å². The number of hydrogen-bond donors (Lipinski definition) is 1. The van der Waals surface area contributed by atoms with Crippen LogP contribution in [0.5, 0.6) is 0 Å². The Morgan fingerprint density at radius 3 is 2.48 bits per heavy atom. The number of halogens is 2. The van der Waals surface area contributed by atoms with E-state index in [2.05, 4.69) is 24.3 Å². The summed E-state index contributed by atoms with van der Waals surface area (Å²) in [6.07, 6.45) is 3.31. The highest BCUT2D eigenvalue weighted by Gasteiger charge is 2.13. The van der Waals surface area contributed by atoms with Crippen LogP contribution in [-0.4, -0.2) is 16.3 Å². The van der Waals surface area contributed by atoms with E-state index in [0.29, 0.717) is 22.9 Å². The standard InChI is InChI=1S/C15H19F2N3S/c1-10(2)6-18-7-11-4-13(16)15(14(17)5-11)21-12-8-19-20(3)9-12/h4-5,8-10,18H,6-7H2,1-3H3. The van der Waals surface area contributed by atoms with Crippen LogP contribution in [0.25, 0.3) is 0 Å². The van der Waals surface area contributed by atoms with Crippen molar-refractivity contribution in [2.24, 2.45) is 13.0 Å². The molecule has 114 valence electrons. The van der Waals surface area contributed by atoms with E-state index >= 15 is 0 Å². The first kappa shape index (κ1) is 16.0. The molecule has 6 heteroatoms. The minimum absolute atomic E-state index is 0.00982. The van der Waals surface area contributed by atoms with Crippen molar-refractivity contribution in [3.8, 4) is 0 Å². The van der Waals surface area contributed by atoms with Gasteiger partial charge >= 0.3 is 0 Å². The Hall–Kier alpha value is -1.40. The molecular weight excluding hydrogens is 292 g/mol. The second-order valence-electron chi connectivity index (χ2n) is 5.37. The predicted octanol–water partition coefficient (Wildman–Crippen LogP) is 3.60. The fraction of sp³-hybridized carbons (Fsp3) is 0.400. The maximum Gasteiger partial charge on any atom is 0.140 e. The van der Waals surface area contributed by atoms with Gasteiger partial charge in [-0.15, -0.1) is 0 Å². The van der Waals surface area contributed by atoms with E-state index in [9.17, 15) is 8.78 Å². The van der Waals surface area contributed by atoms with Gasteiger partial charge in [0.2, 0.25) is 0 Å². The third-order valence-electron chi connectivity index (χ3n) is 2.84. The normalized spacial score (nSPS) is 11.3. The summed E-state index contributed by atoms with van der Waals surface area (Å²) in [5.74, 6) is -0.574. The number of hydrogen-bond acceptors (Lipinski definition) is 3. The van der Waals surface area contributed by atoms with Gasteiger partial charge in [-0.25, -0.2) is 8.78 Å². The molecule has 0 atom stereocenters. The molecular formula is C15H19F2N3S. The monoisotopic (exact) mass is 311 g/mol. The van der Waals surface area contributed by atoms with Gasteiger partial charge in [-0.1, -0.05) is 25.6 Å². The van der Waals surface area contributed by atoms with Crippen molar-refractivity contribution < 1.29 is 8.78 Å². The van der Waals surface area contributed by atoms with Crippen LogP contribution < -0.4 is 5.32 Å². The summed E-state index contributed by atoms with van der Waals surface area (Å²) in [5.41, 5.74) is 0.612. The quantitative estimate of drug-likeness (QED) is 0.884. The fourth-order valence-corrected chi connectivity index (χ4v) is 2.74. The first-order valence-corrected chi connectivity index (χ1v) is 7.62. The molecule has 0 radical (unpaired) electrons. The fourth-order valence-electron chi connectivity index (χ4n) is 1.89. The Labute approximate surface area is 127 Å². The Morgan fingerprint density at radius 2 is 1.95 bits per heavy atom. The Morgan fingerprint density at radius 1 is 1.29 bits per heavy atom. The summed E-state index contributed by atoms with van der Waals surface area (Å²) >= 11 is 1.05. The summed E-state index contributed by atoms with van der Waals surface area (Å²) in [6.45, 7) is 5.45. The number of nitrogens with one attached hydrogen (secondary N) is 1. The van der Waals surface area contributed by atoms with Crippen LogP contribution >= 0.6 is 11.8 Å². The van der Waals surface area contributed by atoms with Crippen molar-refractivity contribution in [2.75, 3.05) is 6.54 Å². The lowest BCUT2D eigenvalue weighted by atomic mass is 10.2. The zero-order chi connectivity index (χ0) is 15.4. The number of aryl methyl sites for hydroxylation is 1. The van der Waals surface area contributed by atoms with E-state index in [4.69, 9.17) is 0 Å². The van der Waals surface area contributed by atoms with E-state index < -0.39 is 11.6 Å². The lowest BCUT2D eigenvalue weighted by Crippen LogP contribution is -2.19. The lowest BCUT2D eigenvalue weighted by Gasteiger charge is -2.09. The van der Waals surface area contributed by atoms with Crippen LogP contribution in [0.2, 0.25) is 0 Å². The molecule has 0 aliphatic rings. The molecule has 0 spiro atoms. The predicted molar refractivity (Wildman–Crippen MR) is 80.2 cm³/mol. The Kier molecular flexibility index (Phi) is 5.36. The zero-order valence-electron chi connectivity index (χ0n) is 12.4. The maximum absolute atomic E-state index is 14.1. The minimum atomic E-state index is -0.537. The van der Waals surface area contributed by atoms with Crippen molar-refractivity contribution in [3.63, 3.8) is 0 Å². The molecule has 0 saturated heterocycles. The second kappa shape index (κ2) is 7.04. The SMILES string of the molecule is CC(C)CNCc1cc(F)c(Sc2cnn(C)c2)c(F)c1. The van der Waals surface area contributed by atoms with Gasteiger partial charge in [0.15, 0.2) is 0 Å². The van der Waals surface area contributed by atoms with Crippen molar-refractivity contribution in [1.82, 2.24) is 15.1 Å². The third kappa shape index (κ3) is 4.54. The van der Waals surface area contributed by atoms with E-state index in [0.717, 1.165) is 18.3 Å². The largest absolute Gasteiger partial charge is 0.312 e. The molecule has 0 amide bonds.